The van der Waals surface area contributed by atoms with Gasteiger partial charge in [0.15, 0.2) is 0 Å². The maximum atomic E-state index is 12.1. The molecule has 0 aliphatic carbocycles. The quantitative estimate of drug-likeness (QED) is 0.552. The summed E-state index contributed by atoms with van der Waals surface area (Å²) in [5.41, 5.74) is 2.70. The summed E-state index contributed by atoms with van der Waals surface area (Å²) in [6, 6.07) is 7.37. The Labute approximate surface area is 125 Å². The molecule has 0 spiro atoms. The molecule has 1 atom stereocenters. The number of benzene rings is 1. The Morgan fingerprint density at radius 2 is 2.19 bits per heavy atom. The molecule has 1 aromatic rings. The number of anilines is 1. The fourth-order valence-electron chi connectivity index (χ4n) is 1.79. The van der Waals surface area contributed by atoms with Crippen molar-refractivity contribution >= 4 is 11.6 Å². The van der Waals surface area contributed by atoms with E-state index >= 15 is 0 Å². The van der Waals surface area contributed by atoms with Gasteiger partial charge in [-0.15, -0.1) is 0 Å². The molecular weight excluding hydrogens is 266 g/mol. The molecule has 1 unspecified atom stereocenters. The minimum absolute atomic E-state index is 0.0260. The molecule has 3 N–H and O–H groups in total. The third kappa shape index (κ3) is 4.93. The highest BCUT2D eigenvalue weighted by Crippen LogP contribution is 2.16. The Morgan fingerprint density at radius 1 is 1.48 bits per heavy atom. The number of hydrogen-bond acceptors (Lipinski definition) is 4. The van der Waals surface area contributed by atoms with Crippen LogP contribution >= 0.6 is 0 Å². The number of nitrogens with one attached hydrogen (secondary N) is 2. The highest BCUT2D eigenvalue weighted by atomic mass is 16.3. The van der Waals surface area contributed by atoms with Crippen molar-refractivity contribution in [3.8, 4) is 6.07 Å². The molecule has 0 aromatic heterocycles. The van der Waals surface area contributed by atoms with Crippen LogP contribution in [0.25, 0.3) is 0 Å². The predicted molar refractivity (Wildman–Crippen MR) is 82.5 cm³/mol. The molecule has 1 aromatic carbocycles. The van der Waals surface area contributed by atoms with Crippen molar-refractivity contribution in [2.45, 2.75) is 33.2 Å². The first kappa shape index (κ1) is 16.7. The number of aliphatic hydroxyl groups is 1. The molecule has 0 heterocycles. The van der Waals surface area contributed by atoms with Gasteiger partial charge >= 0.3 is 0 Å². The minimum Gasteiger partial charge on any atom is -0.394 e. The third-order valence-corrected chi connectivity index (χ3v) is 3.17. The molecule has 0 fully saturated rings. The van der Waals surface area contributed by atoms with E-state index in [1.165, 1.54) is 6.20 Å². The van der Waals surface area contributed by atoms with E-state index in [2.05, 4.69) is 10.6 Å². The largest absolute Gasteiger partial charge is 0.394 e. The number of rotatable bonds is 6. The predicted octanol–water partition coefficient (Wildman–Crippen LogP) is 2.01. The van der Waals surface area contributed by atoms with E-state index in [1.54, 1.807) is 0 Å². The van der Waals surface area contributed by atoms with Crippen LogP contribution in [0.15, 0.2) is 30.0 Å². The number of hydrogen-bond donors (Lipinski definition) is 3. The van der Waals surface area contributed by atoms with Crippen molar-refractivity contribution in [2.75, 3.05) is 11.9 Å². The summed E-state index contributed by atoms with van der Waals surface area (Å²) in [6.07, 6.45) is 2.05. The molecule has 1 rings (SSSR count). The van der Waals surface area contributed by atoms with E-state index in [9.17, 15) is 4.79 Å². The minimum atomic E-state index is -0.468. The van der Waals surface area contributed by atoms with Crippen LogP contribution in [0.4, 0.5) is 5.69 Å². The first-order chi connectivity index (χ1) is 10.0. The lowest BCUT2D eigenvalue weighted by molar-refractivity contribution is -0.112. The van der Waals surface area contributed by atoms with Gasteiger partial charge in [-0.25, -0.2) is 0 Å². The molecule has 0 aliphatic rings. The average molecular weight is 287 g/mol. The van der Waals surface area contributed by atoms with Gasteiger partial charge in [-0.3, -0.25) is 4.79 Å². The zero-order valence-electron chi connectivity index (χ0n) is 12.6. The van der Waals surface area contributed by atoms with Gasteiger partial charge in [0.25, 0.3) is 5.91 Å². The maximum absolute atomic E-state index is 12.1. The van der Waals surface area contributed by atoms with Gasteiger partial charge in [0.2, 0.25) is 0 Å². The number of carbonyl (C=O) groups is 1. The lowest BCUT2D eigenvalue weighted by atomic mass is 10.1. The Kier molecular flexibility index (Phi) is 6.44. The average Bonchev–Trinajstić information content (AvgIpc) is 2.46. The summed E-state index contributed by atoms with van der Waals surface area (Å²) < 4.78 is 0. The molecule has 0 bridgehead atoms. The summed E-state index contributed by atoms with van der Waals surface area (Å²) in [7, 11) is 0. The Morgan fingerprint density at radius 3 is 2.71 bits per heavy atom. The second-order valence-electron chi connectivity index (χ2n) is 4.90. The highest BCUT2D eigenvalue weighted by Gasteiger charge is 2.11. The Hall–Kier alpha value is -2.32. The molecule has 112 valence electrons. The molecule has 0 saturated heterocycles. The van der Waals surface area contributed by atoms with Crippen LogP contribution in [0.1, 0.15) is 24.5 Å². The second kappa shape index (κ2) is 8.08. The van der Waals surface area contributed by atoms with Crippen LogP contribution in [0.3, 0.4) is 0 Å². The van der Waals surface area contributed by atoms with Gasteiger partial charge in [0, 0.05) is 17.9 Å². The van der Waals surface area contributed by atoms with E-state index in [0.717, 1.165) is 11.1 Å². The van der Waals surface area contributed by atoms with Gasteiger partial charge in [-0.05, 0) is 31.9 Å². The van der Waals surface area contributed by atoms with E-state index in [-0.39, 0.29) is 18.2 Å². The van der Waals surface area contributed by atoms with Gasteiger partial charge in [0.05, 0.1) is 6.61 Å². The SMILES string of the molecule is CCC(CO)N/C=C(/C#N)C(=O)Nc1ccc(C)cc1C. The van der Waals surface area contributed by atoms with Crippen LogP contribution in [-0.2, 0) is 4.79 Å². The van der Waals surface area contributed by atoms with Gasteiger partial charge in [-0.1, -0.05) is 24.6 Å². The smallest absolute Gasteiger partial charge is 0.267 e. The lowest BCUT2D eigenvalue weighted by Gasteiger charge is -2.12. The maximum Gasteiger partial charge on any atom is 0.267 e. The standard InChI is InChI=1S/C16H21N3O2/c1-4-14(10-20)18-9-13(8-17)16(21)19-15-6-5-11(2)7-12(15)3/h5-7,9,14,18,20H,4,10H2,1-3H3,(H,19,21)/b13-9-. The van der Waals surface area contributed by atoms with Gasteiger partial charge in [0.1, 0.15) is 11.6 Å². The topological polar surface area (TPSA) is 85.2 Å². The van der Waals surface area contributed by atoms with Crippen molar-refractivity contribution in [3.63, 3.8) is 0 Å². The van der Waals surface area contributed by atoms with Crippen LogP contribution in [0.2, 0.25) is 0 Å². The normalized spacial score (nSPS) is 12.4. The first-order valence-electron chi connectivity index (χ1n) is 6.87. The molecule has 21 heavy (non-hydrogen) atoms. The third-order valence-electron chi connectivity index (χ3n) is 3.17. The van der Waals surface area contributed by atoms with Crippen LogP contribution in [-0.4, -0.2) is 23.7 Å². The highest BCUT2D eigenvalue weighted by molar-refractivity contribution is 6.06. The molecule has 5 heteroatoms. The molecule has 0 saturated carbocycles. The summed E-state index contributed by atoms with van der Waals surface area (Å²) in [5.74, 6) is -0.468. The van der Waals surface area contributed by atoms with Crippen molar-refractivity contribution in [1.82, 2.24) is 5.32 Å². The Balaban J connectivity index is 2.80. The van der Waals surface area contributed by atoms with Crippen molar-refractivity contribution in [2.24, 2.45) is 0 Å². The number of nitriles is 1. The number of nitrogens with zero attached hydrogens (tertiary/aromatic N) is 1. The lowest BCUT2D eigenvalue weighted by Crippen LogP contribution is -2.28. The monoisotopic (exact) mass is 287 g/mol. The molecule has 0 radical (unpaired) electrons. The number of aryl methyl sites for hydroxylation is 2. The van der Waals surface area contributed by atoms with Crippen LogP contribution in [0.5, 0.6) is 0 Å². The number of amides is 1. The zero-order chi connectivity index (χ0) is 15.8. The molecule has 5 nitrogen and oxygen atoms in total. The van der Waals surface area contributed by atoms with Crippen LogP contribution < -0.4 is 10.6 Å². The van der Waals surface area contributed by atoms with E-state index < -0.39 is 5.91 Å². The van der Waals surface area contributed by atoms with Crippen molar-refractivity contribution < 1.29 is 9.90 Å². The fourth-order valence-corrected chi connectivity index (χ4v) is 1.79. The summed E-state index contributed by atoms with van der Waals surface area (Å²) in [6.45, 7) is 5.73. The molecule has 0 aliphatic heterocycles. The first-order valence-corrected chi connectivity index (χ1v) is 6.87. The second-order valence-corrected chi connectivity index (χ2v) is 4.90. The summed E-state index contributed by atoms with van der Waals surface area (Å²) in [4.78, 5) is 12.1. The summed E-state index contributed by atoms with van der Waals surface area (Å²) in [5, 5.41) is 23.7. The van der Waals surface area contributed by atoms with Crippen molar-refractivity contribution in [1.29, 1.82) is 5.26 Å². The molecular formula is C16H21N3O2. The number of aliphatic hydroxyl groups excluding tert-OH is 1. The van der Waals surface area contributed by atoms with E-state index in [1.807, 2.05) is 45.0 Å². The Bertz CT molecular complexity index is 569. The van der Waals surface area contributed by atoms with Crippen LogP contribution in [0, 0.1) is 25.2 Å². The summed E-state index contributed by atoms with van der Waals surface area (Å²) >= 11 is 0. The fraction of sp³-hybridized carbons (Fsp3) is 0.375. The van der Waals surface area contributed by atoms with Gasteiger partial charge in [-0.2, -0.15) is 5.26 Å². The zero-order valence-corrected chi connectivity index (χ0v) is 12.6. The number of carbonyl (C=O) groups excluding carboxylic acids is 1. The van der Waals surface area contributed by atoms with E-state index in [0.29, 0.717) is 12.1 Å². The van der Waals surface area contributed by atoms with E-state index in [4.69, 9.17) is 10.4 Å². The van der Waals surface area contributed by atoms with Crippen molar-refractivity contribution in [3.05, 3.63) is 41.1 Å². The molecule has 1 amide bonds. The van der Waals surface area contributed by atoms with Gasteiger partial charge < -0.3 is 15.7 Å².